The Bertz CT molecular complexity index is 647. The molecule has 2 amide bonds. The van der Waals surface area contributed by atoms with Gasteiger partial charge < -0.3 is 19.7 Å². The maximum Gasteiger partial charge on any atom is 0.321 e. The molecule has 0 unspecified atom stereocenters. The Hall–Kier alpha value is -2.76. The Morgan fingerprint density at radius 1 is 1.13 bits per heavy atom. The second-order valence-electron chi connectivity index (χ2n) is 4.86. The van der Waals surface area contributed by atoms with Crippen molar-refractivity contribution in [2.75, 3.05) is 32.6 Å². The minimum absolute atomic E-state index is 0.153. The second kappa shape index (κ2) is 8.03. The first-order chi connectivity index (χ1) is 11.1. The molecule has 6 heteroatoms. The van der Waals surface area contributed by atoms with Gasteiger partial charge in [-0.1, -0.05) is 12.1 Å². The zero-order chi connectivity index (χ0) is 16.7. The largest absolute Gasteiger partial charge is 0.497 e. The quantitative estimate of drug-likeness (QED) is 0.888. The van der Waals surface area contributed by atoms with Crippen molar-refractivity contribution in [2.24, 2.45) is 0 Å². The van der Waals surface area contributed by atoms with Crippen molar-refractivity contribution in [3.05, 3.63) is 54.3 Å². The predicted molar refractivity (Wildman–Crippen MR) is 86.5 cm³/mol. The highest BCUT2D eigenvalue weighted by Gasteiger charge is 2.11. The van der Waals surface area contributed by atoms with E-state index in [-0.39, 0.29) is 5.69 Å². The maximum atomic E-state index is 13.5. The van der Waals surface area contributed by atoms with Crippen LogP contribution in [0.25, 0.3) is 0 Å². The molecule has 2 aromatic carbocycles. The van der Waals surface area contributed by atoms with Crippen LogP contribution in [0.5, 0.6) is 11.5 Å². The molecule has 0 spiro atoms. The van der Waals surface area contributed by atoms with Crippen LogP contribution in [0.15, 0.2) is 48.5 Å². The van der Waals surface area contributed by atoms with Crippen LogP contribution < -0.4 is 14.8 Å². The Labute approximate surface area is 134 Å². The van der Waals surface area contributed by atoms with Gasteiger partial charge in [-0.15, -0.1) is 0 Å². The average molecular weight is 318 g/mol. The lowest BCUT2D eigenvalue weighted by molar-refractivity contribution is 0.207. The summed E-state index contributed by atoms with van der Waals surface area (Å²) in [7, 11) is 3.21. The van der Waals surface area contributed by atoms with Gasteiger partial charge in [0.05, 0.1) is 19.3 Å². The molecule has 0 bridgehead atoms. The standard InChI is InChI=1S/C17H19FN2O3/c1-20(17(21)19-16-6-4-3-5-15(16)18)11-12-23-14-9-7-13(22-2)8-10-14/h3-10H,11-12H2,1-2H3,(H,19,21). The molecule has 122 valence electrons. The van der Waals surface area contributed by atoms with Gasteiger partial charge in [0.1, 0.15) is 23.9 Å². The molecule has 2 rings (SSSR count). The number of carbonyl (C=O) groups is 1. The molecule has 0 aromatic heterocycles. The fourth-order valence-corrected chi connectivity index (χ4v) is 1.85. The molecule has 1 N–H and O–H groups in total. The lowest BCUT2D eigenvalue weighted by Crippen LogP contribution is -2.34. The van der Waals surface area contributed by atoms with Crippen LogP contribution >= 0.6 is 0 Å². The minimum atomic E-state index is -0.469. The van der Waals surface area contributed by atoms with Crippen molar-refractivity contribution < 1.29 is 18.7 Å². The normalized spacial score (nSPS) is 10.0. The maximum absolute atomic E-state index is 13.5. The van der Waals surface area contributed by atoms with Gasteiger partial charge in [0.25, 0.3) is 0 Å². The van der Waals surface area contributed by atoms with E-state index >= 15 is 0 Å². The number of methoxy groups -OCH3 is 1. The summed E-state index contributed by atoms with van der Waals surface area (Å²) < 4.78 is 24.1. The number of hydrogen-bond acceptors (Lipinski definition) is 3. The van der Waals surface area contributed by atoms with Crippen LogP contribution in [-0.2, 0) is 0 Å². The van der Waals surface area contributed by atoms with E-state index in [1.54, 1.807) is 50.6 Å². The Morgan fingerprint density at radius 3 is 2.43 bits per heavy atom. The number of nitrogens with zero attached hydrogens (tertiary/aromatic N) is 1. The third-order valence-electron chi connectivity index (χ3n) is 3.22. The first-order valence-electron chi connectivity index (χ1n) is 7.13. The number of para-hydroxylation sites is 1. The molecule has 2 aromatic rings. The molecule has 0 aliphatic heterocycles. The summed E-state index contributed by atoms with van der Waals surface area (Å²) in [6, 6.07) is 12.8. The number of amides is 2. The number of nitrogens with one attached hydrogen (secondary N) is 1. The summed E-state index contributed by atoms with van der Waals surface area (Å²) in [6.45, 7) is 0.694. The molecule has 23 heavy (non-hydrogen) atoms. The fourth-order valence-electron chi connectivity index (χ4n) is 1.85. The van der Waals surface area contributed by atoms with Crippen LogP contribution in [0.4, 0.5) is 14.9 Å². The Kier molecular flexibility index (Phi) is 5.80. The molecule has 0 radical (unpaired) electrons. The first kappa shape index (κ1) is 16.6. The Morgan fingerprint density at radius 2 is 1.78 bits per heavy atom. The van der Waals surface area contributed by atoms with Crippen molar-refractivity contribution in [3.63, 3.8) is 0 Å². The minimum Gasteiger partial charge on any atom is -0.497 e. The van der Waals surface area contributed by atoms with Gasteiger partial charge in [-0.2, -0.15) is 0 Å². The number of anilines is 1. The molecular formula is C17H19FN2O3. The van der Waals surface area contributed by atoms with Crippen LogP contribution in [0.2, 0.25) is 0 Å². The van der Waals surface area contributed by atoms with E-state index < -0.39 is 11.8 Å². The highest BCUT2D eigenvalue weighted by Crippen LogP contribution is 2.17. The van der Waals surface area contributed by atoms with Crippen molar-refractivity contribution >= 4 is 11.7 Å². The first-order valence-corrected chi connectivity index (χ1v) is 7.13. The molecular weight excluding hydrogens is 299 g/mol. The van der Waals surface area contributed by atoms with Crippen LogP contribution in [0, 0.1) is 5.82 Å². The average Bonchev–Trinajstić information content (AvgIpc) is 2.57. The van der Waals surface area contributed by atoms with E-state index in [0.29, 0.717) is 18.9 Å². The number of likely N-dealkylation sites (N-methyl/N-ethyl adjacent to an activating group) is 1. The van der Waals surface area contributed by atoms with Gasteiger partial charge in [0.2, 0.25) is 0 Å². The topological polar surface area (TPSA) is 50.8 Å². The van der Waals surface area contributed by atoms with Crippen LogP contribution in [0.1, 0.15) is 0 Å². The van der Waals surface area contributed by atoms with Crippen molar-refractivity contribution in [1.29, 1.82) is 0 Å². The Balaban J connectivity index is 1.78. The van der Waals surface area contributed by atoms with E-state index in [2.05, 4.69) is 5.32 Å². The molecule has 0 saturated carbocycles. The van der Waals surface area contributed by atoms with Gasteiger partial charge in [-0.05, 0) is 36.4 Å². The lowest BCUT2D eigenvalue weighted by Gasteiger charge is -2.18. The smallest absolute Gasteiger partial charge is 0.321 e. The molecule has 5 nitrogen and oxygen atoms in total. The molecule has 0 heterocycles. The summed E-state index contributed by atoms with van der Waals surface area (Å²) in [5, 5.41) is 2.51. The molecule has 0 atom stereocenters. The number of rotatable bonds is 6. The van der Waals surface area contributed by atoms with Crippen molar-refractivity contribution in [1.82, 2.24) is 4.90 Å². The predicted octanol–water partition coefficient (Wildman–Crippen LogP) is 3.38. The summed E-state index contributed by atoms with van der Waals surface area (Å²) in [6.07, 6.45) is 0. The molecule has 0 saturated heterocycles. The number of hydrogen-bond donors (Lipinski definition) is 1. The van der Waals surface area contributed by atoms with Crippen molar-refractivity contribution in [2.45, 2.75) is 0 Å². The zero-order valence-corrected chi connectivity index (χ0v) is 13.1. The number of halogens is 1. The number of benzene rings is 2. The van der Waals surface area contributed by atoms with Gasteiger partial charge >= 0.3 is 6.03 Å². The highest BCUT2D eigenvalue weighted by atomic mass is 19.1. The van der Waals surface area contributed by atoms with Gasteiger partial charge in [-0.25, -0.2) is 9.18 Å². The SMILES string of the molecule is COc1ccc(OCCN(C)C(=O)Nc2ccccc2F)cc1. The van der Waals surface area contributed by atoms with E-state index in [0.717, 1.165) is 5.75 Å². The third kappa shape index (κ3) is 4.88. The molecule has 0 aliphatic rings. The number of ether oxygens (including phenoxy) is 2. The second-order valence-corrected chi connectivity index (χ2v) is 4.86. The van der Waals surface area contributed by atoms with Gasteiger partial charge in [-0.3, -0.25) is 0 Å². The van der Waals surface area contributed by atoms with Crippen molar-refractivity contribution in [3.8, 4) is 11.5 Å². The number of urea groups is 1. The zero-order valence-electron chi connectivity index (χ0n) is 13.1. The molecule has 0 aliphatic carbocycles. The monoisotopic (exact) mass is 318 g/mol. The van der Waals surface area contributed by atoms with E-state index in [1.807, 2.05) is 0 Å². The number of carbonyl (C=O) groups excluding carboxylic acids is 1. The van der Waals surface area contributed by atoms with Crippen LogP contribution in [0.3, 0.4) is 0 Å². The fraction of sp³-hybridized carbons (Fsp3) is 0.235. The summed E-state index contributed by atoms with van der Waals surface area (Å²) in [5.74, 6) is 0.969. The summed E-state index contributed by atoms with van der Waals surface area (Å²) >= 11 is 0. The third-order valence-corrected chi connectivity index (χ3v) is 3.22. The van der Waals surface area contributed by atoms with E-state index in [1.165, 1.54) is 17.0 Å². The summed E-state index contributed by atoms with van der Waals surface area (Å²) in [4.78, 5) is 13.4. The van der Waals surface area contributed by atoms with E-state index in [9.17, 15) is 9.18 Å². The lowest BCUT2D eigenvalue weighted by atomic mass is 10.3. The summed E-state index contributed by atoms with van der Waals surface area (Å²) in [5.41, 5.74) is 0.153. The molecule has 0 fully saturated rings. The highest BCUT2D eigenvalue weighted by molar-refractivity contribution is 5.89. The van der Waals surface area contributed by atoms with Gasteiger partial charge in [0, 0.05) is 7.05 Å². The van der Waals surface area contributed by atoms with Gasteiger partial charge in [0.15, 0.2) is 0 Å². The van der Waals surface area contributed by atoms with Crippen LogP contribution in [-0.4, -0.2) is 38.2 Å². The van der Waals surface area contributed by atoms with E-state index in [4.69, 9.17) is 9.47 Å².